The molecule has 5 nitrogen and oxygen atoms in total. The zero-order valence-electron chi connectivity index (χ0n) is 13.3. The van der Waals surface area contributed by atoms with Gasteiger partial charge in [0.05, 0.1) is 12.6 Å². The molecule has 2 amide bonds. The van der Waals surface area contributed by atoms with Gasteiger partial charge in [0.25, 0.3) is 0 Å². The first-order valence-corrected chi connectivity index (χ1v) is 8.36. The minimum Gasteiger partial charge on any atom is -0.354 e. The van der Waals surface area contributed by atoms with Gasteiger partial charge in [-0.3, -0.25) is 9.59 Å². The fraction of sp³-hybridized carbons (Fsp3) is 0.875. The normalized spacial score (nSPS) is 28.8. The fourth-order valence-corrected chi connectivity index (χ4v) is 3.37. The second-order valence-corrected chi connectivity index (χ2v) is 6.86. The third-order valence-corrected chi connectivity index (χ3v) is 4.60. The Morgan fingerprint density at radius 2 is 1.86 bits per heavy atom. The fourth-order valence-electron chi connectivity index (χ4n) is 3.37. The van der Waals surface area contributed by atoms with Gasteiger partial charge in [-0.15, -0.1) is 0 Å². The third-order valence-electron chi connectivity index (χ3n) is 4.60. The van der Waals surface area contributed by atoms with Crippen molar-refractivity contribution in [2.45, 2.75) is 64.5 Å². The molecule has 0 aromatic rings. The number of carbonyl (C=O) groups excluding carboxylic acids is 2. The smallest absolute Gasteiger partial charge is 0.239 e. The number of nitrogens with one attached hydrogen (secondary N) is 3. The van der Waals surface area contributed by atoms with Gasteiger partial charge in [-0.25, -0.2) is 0 Å². The molecule has 120 valence electrons. The topological polar surface area (TPSA) is 70.2 Å². The molecule has 2 aliphatic rings. The number of amides is 2. The molecular formula is C16H29N3O2. The van der Waals surface area contributed by atoms with Crippen molar-refractivity contribution in [3.05, 3.63) is 0 Å². The maximum absolute atomic E-state index is 12.2. The van der Waals surface area contributed by atoms with Gasteiger partial charge in [0.2, 0.25) is 11.8 Å². The Morgan fingerprint density at radius 1 is 1.10 bits per heavy atom. The second-order valence-electron chi connectivity index (χ2n) is 6.86. The molecule has 0 radical (unpaired) electrons. The van der Waals surface area contributed by atoms with E-state index >= 15 is 0 Å². The molecule has 1 saturated heterocycles. The van der Waals surface area contributed by atoms with E-state index in [0.29, 0.717) is 18.5 Å². The molecule has 0 aromatic heterocycles. The largest absolute Gasteiger partial charge is 0.354 e. The lowest BCUT2D eigenvalue weighted by atomic mass is 9.77. The molecule has 1 heterocycles. The van der Waals surface area contributed by atoms with Gasteiger partial charge in [-0.1, -0.05) is 26.7 Å². The third kappa shape index (κ3) is 4.99. The highest BCUT2D eigenvalue weighted by atomic mass is 16.2. The van der Waals surface area contributed by atoms with Gasteiger partial charge in [0, 0.05) is 12.6 Å². The van der Waals surface area contributed by atoms with Crippen molar-refractivity contribution < 1.29 is 9.59 Å². The molecule has 3 unspecified atom stereocenters. The first kappa shape index (κ1) is 16.3. The van der Waals surface area contributed by atoms with Crippen LogP contribution in [0.5, 0.6) is 0 Å². The first-order chi connectivity index (χ1) is 10.1. The van der Waals surface area contributed by atoms with Crippen LogP contribution in [0.4, 0.5) is 0 Å². The summed E-state index contributed by atoms with van der Waals surface area (Å²) >= 11 is 0. The minimum atomic E-state index is -0.123. The molecule has 1 aliphatic heterocycles. The van der Waals surface area contributed by atoms with Gasteiger partial charge in [-0.05, 0) is 37.5 Å². The van der Waals surface area contributed by atoms with Crippen LogP contribution in [0.25, 0.3) is 0 Å². The lowest BCUT2D eigenvalue weighted by Crippen LogP contribution is -2.55. The van der Waals surface area contributed by atoms with E-state index in [2.05, 4.69) is 16.0 Å². The van der Waals surface area contributed by atoms with E-state index in [4.69, 9.17) is 0 Å². The molecule has 0 bridgehead atoms. The minimum absolute atomic E-state index is 0.0290. The van der Waals surface area contributed by atoms with Crippen LogP contribution in [0.3, 0.4) is 0 Å². The summed E-state index contributed by atoms with van der Waals surface area (Å²) in [5, 5.41) is 9.05. The summed E-state index contributed by atoms with van der Waals surface area (Å²) in [6, 6.07) is 0.375. The first-order valence-electron chi connectivity index (χ1n) is 8.36. The van der Waals surface area contributed by atoms with Gasteiger partial charge in [-0.2, -0.15) is 0 Å². The highest BCUT2D eigenvalue weighted by Crippen LogP contribution is 2.32. The van der Waals surface area contributed by atoms with E-state index < -0.39 is 0 Å². The van der Waals surface area contributed by atoms with Crippen molar-refractivity contribution in [3.63, 3.8) is 0 Å². The Bertz CT molecular complexity index is 371. The number of fused-ring (bicyclic) bond motifs is 1. The van der Waals surface area contributed by atoms with Crippen molar-refractivity contribution in [2.24, 2.45) is 11.8 Å². The van der Waals surface area contributed by atoms with Crippen molar-refractivity contribution in [1.82, 2.24) is 16.0 Å². The van der Waals surface area contributed by atoms with Crippen LogP contribution in [0.2, 0.25) is 0 Å². The van der Waals surface area contributed by atoms with E-state index in [0.717, 1.165) is 18.8 Å². The SMILES string of the molecule is CC(C)CNC(=O)CNC(=O)C1CCC2CCCCC2N1. The summed E-state index contributed by atoms with van der Waals surface area (Å²) in [7, 11) is 0. The van der Waals surface area contributed by atoms with Gasteiger partial charge in [0.1, 0.15) is 0 Å². The summed E-state index contributed by atoms with van der Waals surface area (Å²) in [6.07, 6.45) is 7.10. The van der Waals surface area contributed by atoms with Gasteiger partial charge < -0.3 is 16.0 Å². The standard InChI is InChI=1S/C16H29N3O2/c1-11(2)9-17-15(20)10-18-16(21)14-8-7-12-5-3-4-6-13(12)19-14/h11-14,19H,3-10H2,1-2H3,(H,17,20)(H,18,21). The highest BCUT2D eigenvalue weighted by Gasteiger charge is 2.34. The number of rotatable bonds is 5. The van der Waals surface area contributed by atoms with Crippen molar-refractivity contribution >= 4 is 11.8 Å². The summed E-state index contributed by atoms with van der Waals surface area (Å²) < 4.78 is 0. The molecule has 2 rings (SSSR count). The average molecular weight is 295 g/mol. The average Bonchev–Trinajstić information content (AvgIpc) is 2.50. The summed E-state index contributed by atoms with van der Waals surface area (Å²) in [4.78, 5) is 23.8. The van der Waals surface area contributed by atoms with Gasteiger partial charge in [0.15, 0.2) is 0 Å². The molecule has 5 heteroatoms. The Kier molecular flexibility index (Phi) is 6.03. The molecule has 3 atom stereocenters. The van der Waals surface area contributed by atoms with Crippen molar-refractivity contribution in [1.29, 1.82) is 0 Å². The quantitative estimate of drug-likeness (QED) is 0.713. The van der Waals surface area contributed by atoms with Gasteiger partial charge >= 0.3 is 0 Å². The maximum atomic E-state index is 12.2. The van der Waals surface area contributed by atoms with E-state index in [9.17, 15) is 9.59 Å². The van der Waals surface area contributed by atoms with E-state index in [-0.39, 0.29) is 24.4 Å². The van der Waals surface area contributed by atoms with E-state index in [1.165, 1.54) is 25.7 Å². The highest BCUT2D eigenvalue weighted by molar-refractivity contribution is 5.87. The van der Waals surface area contributed by atoms with Crippen LogP contribution in [-0.2, 0) is 9.59 Å². The predicted octanol–water partition coefficient (Wildman–Crippen LogP) is 1.19. The lowest BCUT2D eigenvalue weighted by Gasteiger charge is -2.39. The zero-order chi connectivity index (χ0) is 15.2. The van der Waals surface area contributed by atoms with Crippen LogP contribution in [0.15, 0.2) is 0 Å². The van der Waals surface area contributed by atoms with Crippen LogP contribution >= 0.6 is 0 Å². The Balaban J connectivity index is 1.70. The van der Waals surface area contributed by atoms with Crippen LogP contribution in [0, 0.1) is 11.8 Å². The summed E-state index contributed by atoms with van der Waals surface area (Å²) in [5.74, 6) is 1.03. The molecular weight excluding hydrogens is 266 g/mol. The monoisotopic (exact) mass is 295 g/mol. The molecule has 3 N–H and O–H groups in total. The Labute approximate surface area is 127 Å². The summed E-state index contributed by atoms with van der Waals surface area (Å²) in [5.41, 5.74) is 0. The van der Waals surface area contributed by atoms with Crippen molar-refractivity contribution in [3.8, 4) is 0 Å². The van der Waals surface area contributed by atoms with Crippen LogP contribution < -0.4 is 16.0 Å². The second kappa shape index (κ2) is 7.78. The van der Waals surface area contributed by atoms with Crippen molar-refractivity contribution in [2.75, 3.05) is 13.1 Å². The lowest BCUT2D eigenvalue weighted by molar-refractivity contribution is -0.128. The number of hydrogen-bond acceptors (Lipinski definition) is 3. The molecule has 1 saturated carbocycles. The molecule has 2 fully saturated rings. The Hall–Kier alpha value is -1.10. The number of carbonyl (C=O) groups is 2. The van der Waals surface area contributed by atoms with E-state index in [1.54, 1.807) is 0 Å². The predicted molar refractivity (Wildman–Crippen MR) is 82.8 cm³/mol. The molecule has 0 spiro atoms. The Morgan fingerprint density at radius 3 is 2.62 bits per heavy atom. The molecule has 21 heavy (non-hydrogen) atoms. The van der Waals surface area contributed by atoms with E-state index in [1.807, 2.05) is 13.8 Å². The molecule has 0 aromatic carbocycles. The maximum Gasteiger partial charge on any atom is 0.239 e. The van der Waals surface area contributed by atoms with Crippen LogP contribution in [0.1, 0.15) is 52.4 Å². The zero-order valence-corrected chi connectivity index (χ0v) is 13.3. The molecule has 1 aliphatic carbocycles. The number of piperidine rings is 1. The number of hydrogen-bond donors (Lipinski definition) is 3. The van der Waals surface area contributed by atoms with Crippen LogP contribution in [-0.4, -0.2) is 37.0 Å². The summed E-state index contributed by atoms with van der Waals surface area (Å²) in [6.45, 7) is 4.83.